The van der Waals surface area contributed by atoms with Gasteiger partial charge >= 0.3 is 0 Å². The van der Waals surface area contributed by atoms with E-state index >= 15 is 0 Å². The van der Waals surface area contributed by atoms with Crippen LogP contribution < -0.4 is 5.32 Å². The average Bonchev–Trinajstić information content (AvgIpc) is 3.17. The third-order valence-electron chi connectivity index (χ3n) is 4.50. The smallest absolute Gasteiger partial charge is 0.272 e. The lowest BCUT2D eigenvalue weighted by Crippen LogP contribution is -2.39. The highest BCUT2D eigenvalue weighted by Gasteiger charge is 2.31. The van der Waals surface area contributed by atoms with E-state index in [1.165, 1.54) is 6.42 Å². The Morgan fingerprint density at radius 1 is 1.12 bits per heavy atom. The van der Waals surface area contributed by atoms with Crippen molar-refractivity contribution in [3.8, 4) is 5.82 Å². The van der Waals surface area contributed by atoms with E-state index in [2.05, 4.69) is 15.4 Å². The first-order valence-electron chi connectivity index (χ1n) is 7.82. The van der Waals surface area contributed by atoms with Crippen LogP contribution in [-0.4, -0.2) is 50.7 Å². The molecule has 2 bridgehead atoms. The number of rotatable bonds is 2. The number of halogens is 2. The third kappa shape index (κ3) is 3.71. The second kappa shape index (κ2) is 7.96. The Kier molecular flexibility index (Phi) is 6.21. The van der Waals surface area contributed by atoms with Crippen molar-refractivity contribution in [3.05, 3.63) is 42.4 Å². The summed E-state index contributed by atoms with van der Waals surface area (Å²) < 4.78 is 1.67. The fourth-order valence-electron chi connectivity index (χ4n) is 3.36. The van der Waals surface area contributed by atoms with Gasteiger partial charge in [-0.1, -0.05) is 6.07 Å². The summed E-state index contributed by atoms with van der Waals surface area (Å²) in [5, 5.41) is 7.76. The van der Waals surface area contributed by atoms with E-state index < -0.39 is 0 Å². The van der Waals surface area contributed by atoms with Crippen molar-refractivity contribution in [1.82, 2.24) is 25.0 Å². The number of aromatic nitrogens is 3. The van der Waals surface area contributed by atoms with Crippen LogP contribution in [0.4, 0.5) is 0 Å². The summed E-state index contributed by atoms with van der Waals surface area (Å²) in [5.41, 5.74) is 0.491. The Morgan fingerprint density at radius 3 is 2.75 bits per heavy atom. The van der Waals surface area contributed by atoms with Gasteiger partial charge in [0.2, 0.25) is 0 Å². The summed E-state index contributed by atoms with van der Waals surface area (Å²) in [4.78, 5) is 19.2. The molecule has 0 aromatic carbocycles. The number of hydrogen-bond donors (Lipinski definition) is 1. The molecule has 8 heteroatoms. The van der Waals surface area contributed by atoms with Gasteiger partial charge in [-0.25, -0.2) is 9.67 Å². The molecular weight excluding hydrogens is 349 g/mol. The summed E-state index contributed by atoms with van der Waals surface area (Å²) >= 11 is 0. The molecule has 2 atom stereocenters. The number of carbonyl (C=O) groups is 1. The van der Waals surface area contributed by atoms with Crippen molar-refractivity contribution in [1.29, 1.82) is 0 Å². The molecule has 2 fully saturated rings. The zero-order valence-corrected chi connectivity index (χ0v) is 14.8. The first-order chi connectivity index (χ1) is 10.8. The molecule has 2 aromatic rings. The predicted molar refractivity (Wildman–Crippen MR) is 96.3 cm³/mol. The van der Waals surface area contributed by atoms with Gasteiger partial charge in [-0.15, -0.1) is 24.8 Å². The van der Waals surface area contributed by atoms with Crippen molar-refractivity contribution in [3.63, 3.8) is 0 Å². The molecule has 2 aliphatic heterocycles. The molecule has 0 spiro atoms. The molecule has 0 saturated carbocycles. The van der Waals surface area contributed by atoms with Crippen LogP contribution in [0.15, 0.2) is 36.7 Å². The van der Waals surface area contributed by atoms with Gasteiger partial charge in [0.05, 0.1) is 0 Å². The van der Waals surface area contributed by atoms with Gasteiger partial charge in [0, 0.05) is 37.6 Å². The molecule has 130 valence electrons. The highest BCUT2D eigenvalue weighted by molar-refractivity contribution is 5.92. The molecule has 2 saturated heterocycles. The molecule has 2 aliphatic rings. The fourth-order valence-corrected chi connectivity index (χ4v) is 3.36. The zero-order chi connectivity index (χ0) is 14.9. The first-order valence-corrected chi connectivity index (χ1v) is 7.82. The van der Waals surface area contributed by atoms with Crippen LogP contribution in [0, 0.1) is 0 Å². The van der Waals surface area contributed by atoms with Crippen molar-refractivity contribution in [2.24, 2.45) is 0 Å². The van der Waals surface area contributed by atoms with Gasteiger partial charge in [-0.3, -0.25) is 4.79 Å². The Bertz CT molecular complexity index is 679. The molecule has 24 heavy (non-hydrogen) atoms. The zero-order valence-electron chi connectivity index (χ0n) is 13.2. The summed E-state index contributed by atoms with van der Waals surface area (Å²) in [6.07, 6.45) is 6.95. The van der Waals surface area contributed by atoms with Gasteiger partial charge in [0.15, 0.2) is 5.82 Å². The standard InChI is InChI=1S/C16H19N5O.2ClH/c22-16(20-10-7-12-5-6-13(11-20)18-12)14-3-1-4-15(19-14)21-9-2-8-17-21;;/h1-4,8-9,12-13,18H,5-7,10-11H2;2*1H. The molecule has 6 nitrogen and oxygen atoms in total. The molecule has 0 aliphatic carbocycles. The lowest BCUT2D eigenvalue weighted by Gasteiger charge is -2.24. The lowest BCUT2D eigenvalue weighted by molar-refractivity contribution is 0.0742. The Labute approximate surface area is 153 Å². The van der Waals surface area contributed by atoms with Gasteiger partial charge < -0.3 is 10.2 Å². The number of pyridine rings is 1. The number of hydrogen-bond acceptors (Lipinski definition) is 4. The van der Waals surface area contributed by atoms with Crippen molar-refractivity contribution in [2.45, 2.75) is 31.3 Å². The Morgan fingerprint density at radius 2 is 1.96 bits per heavy atom. The highest BCUT2D eigenvalue weighted by Crippen LogP contribution is 2.21. The molecule has 1 amide bonds. The van der Waals surface area contributed by atoms with Crippen LogP contribution in [0.25, 0.3) is 5.82 Å². The quantitative estimate of drug-likeness (QED) is 0.879. The highest BCUT2D eigenvalue weighted by atomic mass is 35.5. The minimum atomic E-state index is 0. The van der Waals surface area contributed by atoms with Crippen LogP contribution in [-0.2, 0) is 0 Å². The predicted octanol–water partition coefficient (Wildman–Crippen LogP) is 2.08. The molecule has 0 radical (unpaired) electrons. The average molecular weight is 370 g/mol. The van der Waals surface area contributed by atoms with Gasteiger partial charge in [0.25, 0.3) is 5.91 Å². The maximum Gasteiger partial charge on any atom is 0.272 e. The van der Waals surface area contributed by atoms with Gasteiger partial charge in [0.1, 0.15) is 5.69 Å². The lowest BCUT2D eigenvalue weighted by atomic mass is 10.1. The van der Waals surface area contributed by atoms with Crippen LogP contribution >= 0.6 is 24.8 Å². The summed E-state index contributed by atoms with van der Waals surface area (Å²) in [6.45, 7) is 1.59. The number of nitrogens with zero attached hydrogens (tertiary/aromatic N) is 4. The first kappa shape index (κ1) is 18.7. The Hall–Kier alpha value is -1.63. The minimum Gasteiger partial charge on any atom is -0.336 e. The van der Waals surface area contributed by atoms with Gasteiger partial charge in [-0.05, 0) is 37.5 Å². The fraction of sp³-hybridized carbons (Fsp3) is 0.438. The van der Waals surface area contributed by atoms with Crippen molar-refractivity contribution < 1.29 is 4.79 Å². The number of amides is 1. The second-order valence-corrected chi connectivity index (χ2v) is 6.01. The van der Waals surface area contributed by atoms with Crippen LogP contribution in [0.2, 0.25) is 0 Å². The van der Waals surface area contributed by atoms with Crippen molar-refractivity contribution >= 4 is 30.7 Å². The van der Waals surface area contributed by atoms with Gasteiger partial charge in [-0.2, -0.15) is 5.10 Å². The second-order valence-electron chi connectivity index (χ2n) is 6.01. The van der Waals surface area contributed by atoms with Crippen LogP contribution in [0.3, 0.4) is 0 Å². The maximum atomic E-state index is 12.8. The number of likely N-dealkylation sites (tertiary alicyclic amines) is 1. The molecule has 2 aromatic heterocycles. The topological polar surface area (TPSA) is 63.1 Å². The maximum absolute atomic E-state index is 12.8. The molecular formula is C16H21Cl2N5O. The van der Waals surface area contributed by atoms with Crippen molar-refractivity contribution in [2.75, 3.05) is 13.1 Å². The molecule has 4 heterocycles. The van der Waals surface area contributed by atoms with E-state index in [4.69, 9.17) is 0 Å². The van der Waals surface area contributed by atoms with E-state index in [9.17, 15) is 4.79 Å². The minimum absolute atomic E-state index is 0. The SMILES string of the molecule is Cl.Cl.O=C(c1cccc(-n2cccn2)n1)N1CCC2CCC(C1)N2. The number of carbonyl (C=O) groups excluding carboxylic acids is 1. The third-order valence-corrected chi connectivity index (χ3v) is 4.50. The van der Waals surface area contributed by atoms with Crippen LogP contribution in [0.1, 0.15) is 29.8 Å². The summed E-state index contributed by atoms with van der Waals surface area (Å²) in [5.74, 6) is 0.689. The molecule has 2 unspecified atom stereocenters. The Balaban J connectivity index is 0.00000104. The summed E-state index contributed by atoms with van der Waals surface area (Å²) in [6, 6.07) is 8.35. The van der Waals surface area contributed by atoms with Crippen LogP contribution in [0.5, 0.6) is 0 Å². The van der Waals surface area contributed by atoms with E-state index in [1.54, 1.807) is 16.9 Å². The van der Waals surface area contributed by atoms with E-state index in [0.29, 0.717) is 23.6 Å². The summed E-state index contributed by atoms with van der Waals surface area (Å²) in [7, 11) is 0. The van der Waals surface area contributed by atoms with E-state index in [0.717, 1.165) is 25.9 Å². The van der Waals surface area contributed by atoms with E-state index in [1.807, 2.05) is 29.3 Å². The largest absolute Gasteiger partial charge is 0.336 e. The monoisotopic (exact) mass is 369 g/mol. The van der Waals surface area contributed by atoms with E-state index in [-0.39, 0.29) is 30.7 Å². The number of fused-ring (bicyclic) bond motifs is 2. The normalized spacial score (nSPS) is 22.2. The molecule has 4 rings (SSSR count). The molecule has 1 N–H and O–H groups in total. The number of nitrogens with one attached hydrogen (secondary N) is 1.